The van der Waals surface area contributed by atoms with Crippen molar-refractivity contribution in [3.05, 3.63) is 69.3 Å². The van der Waals surface area contributed by atoms with Crippen LogP contribution in [-0.2, 0) is 6.42 Å². The van der Waals surface area contributed by atoms with Crippen molar-refractivity contribution >= 4 is 0 Å². The first-order valence-electron chi connectivity index (χ1n) is 13.2. The molecule has 0 heterocycles. The fourth-order valence-electron chi connectivity index (χ4n) is 5.00. The molecule has 0 bridgehead atoms. The summed E-state index contributed by atoms with van der Waals surface area (Å²) in [5, 5.41) is 0. The van der Waals surface area contributed by atoms with Crippen molar-refractivity contribution in [1.29, 1.82) is 0 Å². The van der Waals surface area contributed by atoms with Crippen molar-refractivity contribution in [2.45, 2.75) is 107 Å². The van der Waals surface area contributed by atoms with E-state index in [1.165, 1.54) is 54.4 Å². The molecule has 1 fully saturated rings. The highest BCUT2D eigenvalue weighted by atomic mass is 14.4. The van der Waals surface area contributed by atoms with E-state index in [9.17, 15) is 0 Å². The van der Waals surface area contributed by atoms with Crippen LogP contribution in [0, 0.1) is 44.4 Å². The van der Waals surface area contributed by atoms with E-state index in [4.69, 9.17) is 0 Å². The highest BCUT2D eigenvalue weighted by molar-refractivity contribution is 5.52. The van der Waals surface area contributed by atoms with Crippen molar-refractivity contribution in [2.75, 3.05) is 0 Å². The van der Waals surface area contributed by atoms with Crippen LogP contribution in [0.4, 0.5) is 0 Å². The van der Waals surface area contributed by atoms with Crippen molar-refractivity contribution in [1.82, 2.24) is 0 Å². The van der Waals surface area contributed by atoms with E-state index in [0.29, 0.717) is 0 Å². The van der Waals surface area contributed by atoms with Crippen LogP contribution in [0.25, 0.3) is 0 Å². The third-order valence-corrected chi connectivity index (χ3v) is 6.76. The van der Waals surface area contributed by atoms with Gasteiger partial charge in [-0.1, -0.05) is 78.9 Å². The van der Waals surface area contributed by atoms with Crippen LogP contribution in [0.2, 0.25) is 0 Å². The lowest BCUT2D eigenvalue weighted by Gasteiger charge is -2.40. The van der Waals surface area contributed by atoms with Crippen LogP contribution in [0.1, 0.15) is 119 Å². The lowest BCUT2D eigenvalue weighted by molar-refractivity contribution is 0.221. The van der Waals surface area contributed by atoms with Gasteiger partial charge in [-0.2, -0.15) is 0 Å². The summed E-state index contributed by atoms with van der Waals surface area (Å²) in [6.45, 7) is 21.0. The van der Waals surface area contributed by atoms with E-state index >= 15 is 0 Å². The topological polar surface area (TPSA) is 0 Å². The van der Waals surface area contributed by atoms with Gasteiger partial charge >= 0.3 is 0 Å². The lowest BCUT2D eigenvalue weighted by atomic mass is 9.65. The van der Waals surface area contributed by atoms with E-state index in [-0.39, 0.29) is 0 Å². The highest BCUT2D eigenvalue weighted by Gasteiger charge is 2.34. The maximum absolute atomic E-state index is 3.46. The Morgan fingerprint density at radius 1 is 0.719 bits per heavy atom. The zero-order valence-electron chi connectivity index (χ0n) is 22.7. The second-order valence-electron chi connectivity index (χ2n) is 8.74. The lowest BCUT2D eigenvalue weighted by Crippen LogP contribution is -2.27. The molecule has 4 rings (SSSR count). The van der Waals surface area contributed by atoms with E-state index in [2.05, 4.69) is 69.9 Å². The summed E-state index contributed by atoms with van der Waals surface area (Å²) in [7, 11) is 0. The number of benzene rings is 2. The van der Waals surface area contributed by atoms with Crippen LogP contribution < -0.4 is 0 Å². The first-order valence-corrected chi connectivity index (χ1v) is 13.2. The summed E-state index contributed by atoms with van der Waals surface area (Å²) in [5.41, 5.74) is 9.53. The van der Waals surface area contributed by atoms with Crippen LogP contribution in [0.5, 0.6) is 0 Å². The van der Waals surface area contributed by atoms with Gasteiger partial charge < -0.3 is 0 Å². The average Bonchev–Trinajstić information content (AvgIpc) is 2.83. The second kappa shape index (κ2) is 14.2. The molecular weight excluding hydrogens is 384 g/mol. The predicted molar refractivity (Wildman–Crippen MR) is 145 cm³/mol. The van der Waals surface area contributed by atoms with Gasteiger partial charge in [-0.3, -0.25) is 0 Å². The molecule has 0 aromatic heterocycles. The minimum atomic E-state index is 0.801. The molecule has 176 valence electrons. The Bertz CT molecular complexity index is 890. The summed E-state index contributed by atoms with van der Waals surface area (Å²) in [4.78, 5) is 0. The zero-order chi connectivity index (χ0) is 24.3. The predicted octanol–water partition coefficient (Wildman–Crippen LogP) is 9.56. The third-order valence-electron chi connectivity index (χ3n) is 6.76. The minimum Gasteiger partial charge on any atom is -0.0683 e. The molecule has 0 radical (unpaired) electrons. The fourth-order valence-corrected chi connectivity index (χ4v) is 5.00. The molecule has 0 aliphatic heterocycles. The molecule has 0 saturated heterocycles. The molecule has 0 spiro atoms. The molecule has 0 amide bonds. The number of hydrogen-bond donors (Lipinski definition) is 0. The summed E-state index contributed by atoms with van der Waals surface area (Å²) in [5.74, 6) is 9.48. The number of aryl methyl sites for hydroxylation is 4. The summed E-state index contributed by atoms with van der Waals surface area (Å²) < 4.78 is 0. The maximum Gasteiger partial charge on any atom is 0.0281 e. The van der Waals surface area contributed by atoms with Crippen molar-refractivity contribution < 1.29 is 0 Å². The molecule has 2 aromatic rings. The van der Waals surface area contributed by atoms with Crippen LogP contribution >= 0.6 is 0 Å². The Kier molecular flexibility index (Phi) is 12.4. The van der Waals surface area contributed by atoms with Crippen LogP contribution in [-0.4, -0.2) is 0 Å². The van der Waals surface area contributed by atoms with Crippen molar-refractivity contribution in [3.63, 3.8) is 0 Å². The van der Waals surface area contributed by atoms with Gasteiger partial charge in [0.25, 0.3) is 0 Å². The molecule has 32 heavy (non-hydrogen) atoms. The normalized spacial score (nSPS) is 20.2. The molecule has 3 unspecified atom stereocenters. The molecule has 0 heteroatoms. The molecule has 1 saturated carbocycles. The first kappa shape index (κ1) is 28.0. The molecule has 2 aliphatic carbocycles. The largest absolute Gasteiger partial charge is 0.0683 e. The number of rotatable bonds is 0. The smallest absolute Gasteiger partial charge is 0.0281 e. The van der Waals surface area contributed by atoms with Crippen LogP contribution in [0.3, 0.4) is 0 Å². The number of hydrogen-bond acceptors (Lipinski definition) is 0. The molecular formula is C32H48. The van der Waals surface area contributed by atoms with Gasteiger partial charge in [0.1, 0.15) is 0 Å². The minimum absolute atomic E-state index is 0.801. The third kappa shape index (κ3) is 7.00. The van der Waals surface area contributed by atoms with Gasteiger partial charge in [0.05, 0.1) is 0 Å². The van der Waals surface area contributed by atoms with E-state index in [0.717, 1.165) is 23.3 Å². The van der Waals surface area contributed by atoms with Crippen molar-refractivity contribution in [2.24, 2.45) is 11.8 Å². The summed E-state index contributed by atoms with van der Waals surface area (Å²) in [6, 6.07) is 11.4. The summed E-state index contributed by atoms with van der Waals surface area (Å²) in [6.07, 6.45) is 6.81. The van der Waals surface area contributed by atoms with E-state index in [1.807, 2.05) is 41.5 Å². The first-order chi connectivity index (χ1) is 15.5. The van der Waals surface area contributed by atoms with Gasteiger partial charge in [-0.05, 0) is 110 Å². The van der Waals surface area contributed by atoms with Gasteiger partial charge in [-0.25, -0.2) is 0 Å². The molecule has 3 atom stereocenters. The molecule has 0 N–H and O–H groups in total. The Balaban J connectivity index is 0.000000789. The van der Waals surface area contributed by atoms with Gasteiger partial charge in [0, 0.05) is 11.1 Å². The molecule has 2 aromatic carbocycles. The molecule has 0 nitrogen and oxygen atoms in total. The van der Waals surface area contributed by atoms with E-state index in [1.54, 1.807) is 11.1 Å². The van der Waals surface area contributed by atoms with Gasteiger partial charge in [0.15, 0.2) is 0 Å². The zero-order valence-corrected chi connectivity index (χ0v) is 22.7. The van der Waals surface area contributed by atoms with Crippen LogP contribution in [0.15, 0.2) is 30.3 Å². The Morgan fingerprint density at radius 3 is 2.06 bits per heavy atom. The fraction of sp³-hybridized carbons (Fsp3) is 0.562. The average molecular weight is 433 g/mol. The second-order valence-corrected chi connectivity index (χ2v) is 8.74. The summed E-state index contributed by atoms with van der Waals surface area (Å²) >= 11 is 0. The van der Waals surface area contributed by atoms with Gasteiger partial charge in [0.2, 0.25) is 0 Å². The Hall–Kier alpha value is -2.00. The highest BCUT2D eigenvalue weighted by Crippen LogP contribution is 2.47. The van der Waals surface area contributed by atoms with Gasteiger partial charge in [-0.15, -0.1) is 0 Å². The Labute approximate surface area is 200 Å². The number of fused-ring (bicyclic) bond motifs is 3. The quantitative estimate of drug-likeness (QED) is 0.363. The SMILES string of the molecule is CC.CC.CC.Cc1ccc(C#Cc2cc3c(cc2C)C2CCC(C)CC2CC3)cc1C. The van der Waals surface area contributed by atoms with Crippen molar-refractivity contribution in [3.8, 4) is 11.8 Å². The molecule has 2 aliphatic rings. The standard InChI is InChI=1S/C26H30.3C2H6/c1-17-5-12-25-23(13-17)10-11-24-16-22(20(4)15-26(24)25)9-8-21-7-6-18(2)19(3)14-21;3*1-2/h6-7,14-17,23,25H,5,10-13H2,1-4H3;3*1-2H3. The Morgan fingerprint density at radius 2 is 1.41 bits per heavy atom. The van der Waals surface area contributed by atoms with E-state index < -0.39 is 0 Å². The monoisotopic (exact) mass is 432 g/mol. The maximum atomic E-state index is 3.46.